The lowest BCUT2D eigenvalue weighted by Crippen LogP contribution is -2.38. The largest absolute Gasteiger partial charge is 0.469 e. The van der Waals surface area contributed by atoms with E-state index in [2.05, 4.69) is 12.2 Å². The van der Waals surface area contributed by atoms with Crippen LogP contribution in [0.15, 0.2) is 0 Å². The molecule has 0 aromatic carbocycles. The Kier molecular flexibility index (Phi) is 4.14. The number of ether oxygens (including phenoxy) is 1. The summed E-state index contributed by atoms with van der Waals surface area (Å²) in [6, 6.07) is 0. The van der Waals surface area contributed by atoms with Crippen LogP contribution in [0.25, 0.3) is 0 Å². The number of carbonyl (C=O) groups excluding carboxylic acids is 1. The average Bonchev–Trinajstić information content (AvgIpc) is 2.99. The van der Waals surface area contributed by atoms with Crippen molar-refractivity contribution in [2.45, 2.75) is 33.6 Å². The molecule has 15 heavy (non-hydrogen) atoms. The molecule has 0 saturated heterocycles. The van der Waals surface area contributed by atoms with Crippen molar-refractivity contribution in [1.82, 2.24) is 5.32 Å². The third-order valence-corrected chi connectivity index (χ3v) is 3.20. The van der Waals surface area contributed by atoms with E-state index < -0.39 is 5.41 Å². The van der Waals surface area contributed by atoms with Crippen LogP contribution >= 0.6 is 0 Å². The lowest BCUT2D eigenvalue weighted by molar-refractivity contribution is -0.150. The third kappa shape index (κ3) is 3.82. The summed E-state index contributed by atoms with van der Waals surface area (Å²) in [6.45, 7) is 7.79. The molecule has 0 aromatic rings. The smallest absolute Gasteiger partial charge is 0.312 e. The second-order valence-corrected chi connectivity index (χ2v) is 5.32. The molecule has 88 valence electrons. The summed E-state index contributed by atoms with van der Waals surface area (Å²) in [5.41, 5.74) is -0.419. The molecule has 1 aliphatic carbocycles. The van der Waals surface area contributed by atoms with Crippen LogP contribution in [0.4, 0.5) is 0 Å². The van der Waals surface area contributed by atoms with Gasteiger partial charge in [0.2, 0.25) is 0 Å². The van der Waals surface area contributed by atoms with Gasteiger partial charge in [-0.3, -0.25) is 4.79 Å². The minimum Gasteiger partial charge on any atom is -0.469 e. The second-order valence-electron chi connectivity index (χ2n) is 5.32. The van der Waals surface area contributed by atoms with Crippen LogP contribution in [-0.4, -0.2) is 26.2 Å². The molecule has 0 heterocycles. The highest BCUT2D eigenvalue weighted by Gasteiger charge is 2.30. The molecule has 0 spiro atoms. The summed E-state index contributed by atoms with van der Waals surface area (Å²) in [6.07, 6.45) is 2.76. The van der Waals surface area contributed by atoms with Gasteiger partial charge in [-0.05, 0) is 45.1 Å². The van der Waals surface area contributed by atoms with Gasteiger partial charge in [-0.25, -0.2) is 0 Å². The molecule has 1 unspecified atom stereocenters. The van der Waals surface area contributed by atoms with Gasteiger partial charge >= 0.3 is 5.97 Å². The van der Waals surface area contributed by atoms with E-state index in [0.717, 1.165) is 18.4 Å². The number of hydrogen-bond acceptors (Lipinski definition) is 3. The summed E-state index contributed by atoms with van der Waals surface area (Å²) in [5.74, 6) is 1.51. The molecule has 0 amide bonds. The molecule has 1 aliphatic rings. The fraction of sp³-hybridized carbons (Fsp3) is 0.917. The van der Waals surface area contributed by atoms with Gasteiger partial charge in [-0.1, -0.05) is 6.92 Å². The predicted molar refractivity (Wildman–Crippen MR) is 60.6 cm³/mol. The van der Waals surface area contributed by atoms with Crippen LogP contribution in [0.2, 0.25) is 0 Å². The second kappa shape index (κ2) is 4.97. The maximum Gasteiger partial charge on any atom is 0.312 e. The molecule has 1 atom stereocenters. The molecule has 1 saturated carbocycles. The van der Waals surface area contributed by atoms with Crippen LogP contribution < -0.4 is 5.32 Å². The first-order chi connectivity index (χ1) is 6.97. The van der Waals surface area contributed by atoms with Gasteiger partial charge in [0.25, 0.3) is 0 Å². The zero-order chi connectivity index (χ0) is 11.5. The Hall–Kier alpha value is -0.570. The van der Waals surface area contributed by atoms with E-state index in [1.807, 2.05) is 13.8 Å². The van der Waals surface area contributed by atoms with Crippen LogP contribution in [0.5, 0.6) is 0 Å². The summed E-state index contributed by atoms with van der Waals surface area (Å²) in [4.78, 5) is 11.4. The molecule has 0 bridgehead atoms. The van der Waals surface area contributed by atoms with Crippen LogP contribution in [-0.2, 0) is 9.53 Å². The quantitative estimate of drug-likeness (QED) is 0.684. The molecule has 1 rings (SSSR count). The number of carbonyl (C=O) groups is 1. The lowest BCUT2D eigenvalue weighted by atomic mass is 9.93. The molecule has 0 radical (unpaired) electrons. The van der Waals surface area contributed by atoms with Crippen LogP contribution in [0.3, 0.4) is 0 Å². The molecule has 3 nitrogen and oxygen atoms in total. The highest BCUT2D eigenvalue weighted by molar-refractivity contribution is 5.76. The Labute approximate surface area is 92.6 Å². The number of esters is 1. The normalized spacial score (nSPS) is 18.7. The molecular weight excluding hydrogens is 190 g/mol. The van der Waals surface area contributed by atoms with E-state index in [4.69, 9.17) is 4.74 Å². The van der Waals surface area contributed by atoms with Crippen molar-refractivity contribution in [1.29, 1.82) is 0 Å². The number of rotatable bonds is 6. The van der Waals surface area contributed by atoms with Crippen molar-refractivity contribution in [3.05, 3.63) is 0 Å². The van der Waals surface area contributed by atoms with Crippen LogP contribution in [0.1, 0.15) is 33.6 Å². The topological polar surface area (TPSA) is 38.3 Å². The summed E-state index contributed by atoms with van der Waals surface area (Å²) in [7, 11) is 1.44. The maximum atomic E-state index is 11.4. The Morgan fingerprint density at radius 2 is 2.13 bits per heavy atom. The first-order valence-corrected chi connectivity index (χ1v) is 5.76. The van der Waals surface area contributed by atoms with Gasteiger partial charge in [0.15, 0.2) is 0 Å². The van der Waals surface area contributed by atoms with Crippen molar-refractivity contribution in [2.24, 2.45) is 17.3 Å². The predicted octanol–water partition coefficient (Wildman–Crippen LogP) is 1.82. The standard InChI is InChI=1S/C12H23NO2/c1-9(10-5-6-10)7-13-8-12(2,3)11(14)15-4/h9-10,13H,5-8H2,1-4H3. The van der Waals surface area contributed by atoms with E-state index in [0.29, 0.717) is 6.54 Å². The van der Waals surface area contributed by atoms with Gasteiger partial charge < -0.3 is 10.1 Å². The van der Waals surface area contributed by atoms with Gasteiger partial charge in [0.1, 0.15) is 0 Å². The summed E-state index contributed by atoms with van der Waals surface area (Å²) >= 11 is 0. The van der Waals surface area contributed by atoms with Gasteiger partial charge in [-0.2, -0.15) is 0 Å². The molecular formula is C12H23NO2. The molecule has 1 N–H and O–H groups in total. The Balaban J connectivity index is 2.20. The van der Waals surface area contributed by atoms with Crippen molar-refractivity contribution < 1.29 is 9.53 Å². The first kappa shape index (κ1) is 12.5. The number of hydrogen-bond donors (Lipinski definition) is 1. The summed E-state index contributed by atoms with van der Waals surface area (Å²) in [5, 5.41) is 3.36. The first-order valence-electron chi connectivity index (χ1n) is 5.76. The zero-order valence-electron chi connectivity index (χ0n) is 10.3. The van der Waals surface area contributed by atoms with Crippen molar-refractivity contribution >= 4 is 5.97 Å². The third-order valence-electron chi connectivity index (χ3n) is 3.20. The highest BCUT2D eigenvalue weighted by atomic mass is 16.5. The van der Waals surface area contributed by atoms with E-state index in [1.165, 1.54) is 20.0 Å². The van der Waals surface area contributed by atoms with Crippen molar-refractivity contribution in [2.75, 3.05) is 20.2 Å². The van der Waals surface area contributed by atoms with E-state index in [1.54, 1.807) is 0 Å². The van der Waals surface area contributed by atoms with Gasteiger partial charge in [0.05, 0.1) is 12.5 Å². The molecule has 3 heteroatoms. The molecule has 1 fully saturated rings. The fourth-order valence-corrected chi connectivity index (χ4v) is 1.79. The fourth-order valence-electron chi connectivity index (χ4n) is 1.79. The van der Waals surface area contributed by atoms with Gasteiger partial charge in [-0.15, -0.1) is 0 Å². The Bertz CT molecular complexity index is 222. The Morgan fingerprint density at radius 3 is 2.60 bits per heavy atom. The minimum atomic E-state index is -0.419. The van der Waals surface area contributed by atoms with E-state index in [-0.39, 0.29) is 5.97 Å². The minimum absolute atomic E-state index is 0.144. The zero-order valence-corrected chi connectivity index (χ0v) is 10.3. The van der Waals surface area contributed by atoms with Gasteiger partial charge in [0, 0.05) is 6.54 Å². The number of nitrogens with one attached hydrogen (secondary N) is 1. The van der Waals surface area contributed by atoms with E-state index >= 15 is 0 Å². The highest BCUT2D eigenvalue weighted by Crippen LogP contribution is 2.36. The van der Waals surface area contributed by atoms with E-state index in [9.17, 15) is 4.79 Å². The SMILES string of the molecule is COC(=O)C(C)(C)CNCC(C)C1CC1. The average molecular weight is 213 g/mol. The Morgan fingerprint density at radius 1 is 1.53 bits per heavy atom. The van der Waals surface area contributed by atoms with Crippen LogP contribution in [0, 0.1) is 17.3 Å². The van der Waals surface area contributed by atoms with Crippen molar-refractivity contribution in [3.63, 3.8) is 0 Å². The molecule has 0 aliphatic heterocycles. The number of methoxy groups -OCH3 is 1. The monoisotopic (exact) mass is 213 g/mol. The maximum absolute atomic E-state index is 11.4. The summed E-state index contributed by atoms with van der Waals surface area (Å²) < 4.78 is 4.75. The molecule has 0 aromatic heterocycles. The lowest BCUT2D eigenvalue weighted by Gasteiger charge is -2.23. The van der Waals surface area contributed by atoms with Crippen molar-refractivity contribution in [3.8, 4) is 0 Å².